The molecule has 0 bridgehead atoms. The fourth-order valence-corrected chi connectivity index (χ4v) is 3.25. The monoisotopic (exact) mass is 305 g/mol. The number of hydrogen-bond donors (Lipinski definition) is 2. The number of halogens is 1. The first kappa shape index (κ1) is 13.4. The molecule has 102 valence electrons. The molecule has 1 aromatic heterocycles. The summed E-state index contributed by atoms with van der Waals surface area (Å²) in [6, 6.07) is 9.11. The summed E-state index contributed by atoms with van der Waals surface area (Å²) in [6.45, 7) is 0. The predicted octanol–water partition coefficient (Wildman–Crippen LogP) is 3.10. The van der Waals surface area contributed by atoms with Gasteiger partial charge in [0.25, 0.3) is 0 Å². The molecule has 1 atom stereocenters. The molecule has 4 nitrogen and oxygen atoms in total. The summed E-state index contributed by atoms with van der Waals surface area (Å²) in [5.41, 5.74) is 1.69. The number of amides is 1. The smallest absolute Gasteiger partial charge is 0.246 e. The van der Waals surface area contributed by atoms with Gasteiger partial charge in [-0.2, -0.15) is 0 Å². The fourth-order valence-electron chi connectivity index (χ4n) is 2.15. The van der Waals surface area contributed by atoms with Crippen LogP contribution in [0.2, 0.25) is 5.02 Å². The highest BCUT2D eigenvalue weighted by Crippen LogP contribution is 2.40. The second-order valence-corrected chi connectivity index (χ2v) is 5.82. The number of nitrogens with zero attached hydrogens (tertiary/aromatic N) is 1. The maximum Gasteiger partial charge on any atom is 0.246 e. The summed E-state index contributed by atoms with van der Waals surface area (Å²) in [4.78, 5) is 16.9. The van der Waals surface area contributed by atoms with E-state index in [4.69, 9.17) is 11.6 Å². The first-order valence-corrected chi connectivity index (χ1v) is 7.29. The molecular weight excluding hydrogens is 294 g/mol. The zero-order chi connectivity index (χ0) is 14.1. The maximum absolute atomic E-state index is 11.8. The molecule has 1 aliphatic rings. The van der Waals surface area contributed by atoms with E-state index in [0.717, 1.165) is 21.2 Å². The quantitative estimate of drug-likeness (QED) is 0.915. The van der Waals surface area contributed by atoms with Gasteiger partial charge in [0.2, 0.25) is 5.91 Å². The van der Waals surface area contributed by atoms with E-state index in [1.54, 1.807) is 13.2 Å². The first-order valence-electron chi connectivity index (χ1n) is 6.09. The van der Waals surface area contributed by atoms with Gasteiger partial charge >= 0.3 is 0 Å². The number of carbonyl (C=O) groups excluding carboxylic acids is 1. The molecule has 6 heteroatoms. The molecule has 0 spiro atoms. The van der Waals surface area contributed by atoms with Crippen molar-refractivity contribution in [2.45, 2.75) is 16.0 Å². The second-order valence-electron chi connectivity index (χ2n) is 4.35. The Morgan fingerprint density at radius 1 is 1.40 bits per heavy atom. The van der Waals surface area contributed by atoms with Crippen LogP contribution in [0.25, 0.3) is 0 Å². The molecule has 2 heterocycles. The number of pyridine rings is 1. The third kappa shape index (κ3) is 2.40. The van der Waals surface area contributed by atoms with Gasteiger partial charge in [-0.05, 0) is 31.3 Å². The zero-order valence-corrected chi connectivity index (χ0v) is 12.3. The number of rotatable bonds is 3. The van der Waals surface area contributed by atoms with Crippen molar-refractivity contribution in [3.8, 4) is 0 Å². The van der Waals surface area contributed by atoms with E-state index in [1.165, 1.54) is 11.8 Å². The molecule has 1 unspecified atom stereocenters. The maximum atomic E-state index is 11.8. The van der Waals surface area contributed by atoms with Crippen molar-refractivity contribution in [1.29, 1.82) is 0 Å². The number of nitrogens with one attached hydrogen (secondary N) is 2. The van der Waals surface area contributed by atoms with Crippen LogP contribution in [0, 0.1) is 0 Å². The standard InChI is InChI=1S/C14H12ClN3OS/c1-16-13-8-6-9(15)11(7-10(8)18-14(13)19)20-12-4-2-3-5-17-12/h2-7,13,16H,1H3,(H,18,19). The third-order valence-electron chi connectivity index (χ3n) is 3.08. The Kier molecular flexibility index (Phi) is 3.65. The highest BCUT2D eigenvalue weighted by molar-refractivity contribution is 7.99. The number of likely N-dealkylation sites (N-methyl/N-ethyl adjacent to an activating group) is 1. The highest BCUT2D eigenvalue weighted by Gasteiger charge is 2.30. The van der Waals surface area contributed by atoms with Crippen molar-refractivity contribution < 1.29 is 4.79 Å². The van der Waals surface area contributed by atoms with Crippen molar-refractivity contribution in [2.24, 2.45) is 0 Å². The Bertz CT molecular complexity index is 663. The largest absolute Gasteiger partial charge is 0.324 e. The van der Waals surface area contributed by atoms with Crippen molar-refractivity contribution >= 4 is 35.0 Å². The van der Waals surface area contributed by atoms with Crippen LogP contribution in [-0.2, 0) is 4.79 Å². The molecule has 1 aliphatic heterocycles. The third-order valence-corrected chi connectivity index (χ3v) is 4.51. The lowest BCUT2D eigenvalue weighted by atomic mass is 10.1. The Morgan fingerprint density at radius 2 is 2.25 bits per heavy atom. The Morgan fingerprint density at radius 3 is 2.95 bits per heavy atom. The normalized spacial score (nSPS) is 16.9. The lowest BCUT2D eigenvalue weighted by molar-refractivity contribution is -0.117. The Hall–Kier alpha value is -1.56. The minimum Gasteiger partial charge on any atom is -0.324 e. The molecule has 0 saturated heterocycles. The van der Waals surface area contributed by atoms with Gasteiger partial charge in [0.05, 0.1) is 5.02 Å². The van der Waals surface area contributed by atoms with Gasteiger partial charge in [-0.1, -0.05) is 29.4 Å². The molecule has 1 amide bonds. The number of aromatic nitrogens is 1. The van der Waals surface area contributed by atoms with Crippen LogP contribution in [0.15, 0.2) is 46.5 Å². The number of benzene rings is 1. The van der Waals surface area contributed by atoms with Gasteiger partial charge in [0.1, 0.15) is 11.1 Å². The van der Waals surface area contributed by atoms with Crippen molar-refractivity contribution in [3.63, 3.8) is 0 Å². The van der Waals surface area contributed by atoms with Crippen LogP contribution in [-0.4, -0.2) is 17.9 Å². The van der Waals surface area contributed by atoms with E-state index in [1.807, 2.05) is 30.3 Å². The average molecular weight is 306 g/mol. The van der Waals surface area contributed by atoms with Crippen LogP contribution in [0.4, 0.5) is 5.69 Å². The molecule has 0 radical (unpaired) electrons. The molecule has 0 fully saturated rings. The van der Waals surface area contributed by atoms with Gasteiger partial charge in [0, 0.05) is 22.3 Å². The molecule has 3 rings (SSSR count). The van der Waals surface area contributed by atoms with E-state index in [2.05, 4.69) is 15.6 Å². The van der Waals surface area contributed by atoms with Crippen LogP contribution in [0.3, 0.4) is 0 Å². The predicted molar refractivity (Wildman–Crippen MR) is 80.2 cm³/mol. The topological polar surface area (TPSA) is 54.0 Å². The van der Waals surface area contributed by atoms with Gasteiger partial charge in [-0.15, -0.1) is 0 Å². The molecule has 0 aliphatic carbocycles. The molecule has 1 aromatic carbocycles. The fraction of sp³-hybridized carbons (Fsp3) is 0.143. The van der Waals surface area contributed by atoms with Crippen molar-refractivity contribution in [1.82, 2.24) is 10.3 Å². The summed E-state index contributed by atoms with van der Waals surface area (Å²) in [6.07, 6.45) is 1.74. The Labute approximate surface area is 125 Å². The van der Waals surface area contributed by atoms with Crippen LogP contribution >= 0.6 is 23.4 Å². The van der Waals surface area contributed by atoms with E-state index < -0.39 is 0 Å². The SMILES string of the molecule is CNC1C(=O)Nc2cc(Sc3ccccn3)c(Cl)cc21. The number of carbonyl (C=O) groups is 1. The van der Waals surface area contributed by atoms with Crippen LogP contribution in [0.1, 0.15) is 11.6 Å². The number of fused-ring (bicyclic) bond motifs is 1. The van der Waals surface area contributed by atoms with Crippen molar-refractivity contribution in [3.05, 3.63) is 47.1 Å². The molecular formula is C14H12ClN3OS. The van der Waals surface area contributed by atoms with Crippen LogP contribution in [0.5, 0.6) is 0 Å². The van der Waals surface area contributed by atoms with E-state index in [9.17, 15) is 4.79 Å². The molecule has 0 saturated carbocycles. The molecule has 2 N–H and O–H groups in total. The molecule has 2 aromatic rings. The van der Waals surface area contributed by atoms with Gasteiger partial charge in [-0.3, -0.25) is 4.79 Å². The minimum atomic E-state index is -0.337. The van der Waals surface area contributed by atoms with E-state index in [-0.39, 0.29) is 11.9 Å². The lowest BCUT2D eigenvalue weighted by Gasteiger charge is -2.09. The number of hydrogen-bond acceptors (Lipinski definition) is 4. The van der Waals surface area contributed by atoms with Gasteiger partial charge in [0.15, 0.2) is 0 Å². The van der Waals surface area contributed by atoms with Crippen LogP contribution < -0.4 is 10.6 Å². The summed E-state index contributed by atoms with van der Waals surface area (Å²) in [5, 5.41) is 7.32. The second kappa shape index (κ2) is 5.44. The van der Waals surface area contributed by atoms with E-state index in [0.29, 0.717) is 5.02 Å². The Balaban J connectivity index is 1.96. The summed E-state index contributed by atoms with van der Waals surface area (Å²) >= 11 is 7.79. The van der Waals surface area contributed by atoms with Crippen molar-refractivity contribution in [2.75, 3.05) is 12.4 Å². The molecule has 20 heavy (non-hydrogen) atoms. The van der Waals surface area contributed by atoms with Gasteiger partial charge in [-0.25, -0.2) is 4.98 Å². The summed E-state index contributed by atoms with van der Waals surface area (Å²) < 4.78 is 0. The minimum absolute atomic E-state index is 0.0569. The zero-order valence-electron chi connectivity index (χ0n) is 10.7. The van der Waals surface area contributed by atoms with Gasteiger partial charge < -0.3 is 10.6 Å². The number of anilines is 1. The summed E-state index contributed by atoms with van der Waals surface area (Å²) in [5.74, 6) is -0.0569. The van der Waals surface area contributed by atoms with E-state index >= 15 is 0 Å². The first-order chi connectivity index (χ1) is 9.69. The summed E-state index contributed by atoms with van der Waals surface area (Å²) in [7, 11) is 1.75. The average Bonchev–Trinajstić information content (AvgIpc) is 2.75. The highest BCUT2D eigenvalue weighted by atomic mass is 35.5. The lowest BCUT2D eigenvalue weighted by Crippen LogP contribution is -2.23.